The Morgan fingerprint density at radius 2 is 0.720 bits per heavy atom. The minimum atomic E-state index is -0.848. The third-order valence-electron chi connectivity index (χ3n) is 9.58. The highest BCUT2D eigenvalue weighted by Gasteiger charge is 2.27. The van der Waals surface area contributed by atoms with Crippen LogP contribution in [0.5, 0.6) is 0 Å². The lowest BCUT2D eigenvalue weighted by Gasteiger charge is -2.20. The van der Waals surface area contributed by atoms with Gasteiger partial charge in [-0.2, -0.15) is 0 Å². The average molecular weight is 774 g/mol. The van der Waals surface area contributed by atoms with E-state index in [9.17, 15) is 14.4 Å². The number of halogens is 1. The van der Waals surface area contributed by atoms with E-state index in [1.807, 2.05) is 0 Å². The summed E-state index contributed by atoms with van der Waals surface area (Å²) in [5, 5.41) is 0. The van der Waals surface area contributed by atoms with Gasteiger partial charge in [-0.1, -0.05) is 210 Å². The monoisotopic (exact) mass is 773 g/mol. The van der Waals surface area contributed by atoms with Crippen molar-refractivity contribution in [3.8, 4) is 0 Å². The van der Waals surface area contributed by atoms with Crippen molar-refractivity contribution in [2.75, 3.05) is 13.2 Å². The molecule has 0 rings (SSSR count). The summed E-state index contributed by atoms with van der Waals surface area (Å²) < 4.78 is 15.6. The normalized spacial score (nSPS) is 12.2. The number of carbonyl (C=O) groups excluding carboxylic acids is 3. The van der Waals surface area contributed by atoms with Crippen LogP contribution in [0.4, 0.5) is 0 Å². The second-order valence-electron chi connectivity index (χ2n) is 15.3. The van der Waals surface area contributed by atoms with E-state index in [1.54, 1.807) is 13.8 Å². The van der Waals surface area contributed by atoms with Gasteiger partial charge in [0.1, 0.15) is 17.5 Å². The lowest BCUT2D eigenvalue weighted by molar-refractivity contribution is -0.167. The maximum atomic E-state index is 12.6. The van der Waals surface area contributed by atoms with Gasteiger partial charge < -0.3 is 14.2 Å². The highest BCUT2D eigenvalue weighted by Crippen LogP contribution is 2.19. The average Bonchev–Trinajstić information content (AvgIpc) is 3.08. The third-order valence-corrected chi connectivity index (χ3v) is 9.91. The molecule has 7 heteroatoms. The summed E-state index contributed by atoms with van der Waals surface area (Å²) in [5.74, 6) is -1.09. The van der Waals surface area contributed by atoms with Gasteiger partial charge in [0.05, 0.1) is 0 Å². The number of esters is 3. The molecule has 0 aromatic rings. The zero-order valence-corrected chi connectivity index (χ0v) is 35.0. The maximum absolute atomic E-state index is 12.6. The maximum Gasteiger partial charge on any atom is 0.322 e. The van der Waals surface area contributed by atoms with Crippen molar-refractivity contribution in [2.45, 2.75) is 244 Å². The van der Waals surface area contributed by atoms with Crippen LogP contribution in [0.15, 0.2) is 0 Å². The number of hydrogen-bond donors (Lipinski definition) is 0. The topological polar surface area (TPSA) is 78.9 Å². The molecule has 50 heavy (non-hydrogen) atoms. The molecule has 0 aliphatic rings. The second kappa shape index (κ2) is 36.3. The van der Waals surface area contributed by atoms with Crippen molar-refractivity contribution in [2.24, 2.45) is 0 Å². The molecule has 6 nitrogen and oxygen atoms in total. The Morgan fingerprint density at radius 1 is 0.440 bits per heavy atom. The van der Waals surface area contributed by atoms with Gasteiger partial charge in [-0.3, -0.25) is 14.4 Å². The van der Waals surface area contributed by atoms with E-state index >= 15 is 0 Å². The Bertz CT molecular complexity index is 780. The van der Waals surface area contributed by atoms with Crippen molar-refractivity contribution in [3.05, 3.63) is 0 Å². The molecule has 0 saturated carbocycles. The highest BCUT2D eigenvalue weighted by atomic mass is 79.9. The first-order chi connectivity index (χ1) is 24.2. The number of hydrogen-bond acceptors (Lipinski definition) is 6. The summed E-state index contributed by atoms with van der Waals surface area (Å²) in [6, 6.07) is 0. The Kier molecular flexibility index (Phi) is 35.5. The fraction of sp³-hybridized carbons (Fsp3) is 0.930. The predicted molar refractivity (Wildman–Crippen MR) is 214 cm³/mol. The third kappa shape index (κ3) is 35.3. The van der Waals surface area contributed by atoms with Crippen LogP contribution in [-0.2, 0) is 28.6 Å². The van der Waals surface area contributed by atoms with E-state index in [4.69, 9.17) is 14.2 Å². The van der Waals surface area contributed by atoms with Crippen molar-refractivity contribution >= 4 is 33.8 Å². The van der Waals surface area contributed by atoms with E-state index in [0.717, 1.165) is 38.5 Å². The van der Waals surface area contributed by atoms with Gasteiger partial charge in [-0.25, -0.2) is 0 Å². The Balaban J connectivity index is 4.04. The van der Waals surface area contributed by atoms with E-state index in [-0.39, 0.29) is 25.2 Å². The Morgan fingerprint density at radius 3 is 1.04 bits per heavy atom. The lowest BCUT2D eigenvalue weighted by atomic mass is 10.0. The molecule has 0 N–H and O–H groups in total. The molecule has 296 valence electrons. The molecule has 0 radical (unpaired) electrons. The van der Waals surface area contributed by atoms with Gasteiger partial charge in [-0.05, 0) is 26.7 Å². The fourth-order valence-electron chi connectivity index (χ4n) is 6.24. The van der Waals surface area contributed by atoms with E-state index < -0.39 is 16.4 Å². The molecule has 0 aliphatic heterocycles. The number of alkyl halides is 1. The van der Waals surface area contributed by atoms with Gasteiger partial charge in [0, 0.05) is 12.8 Å². The summed E-state index contributed by atoms with van der Waals surface area (Å²) in [4.78, 5) is 37.3. The first-order valence-electron chi connectivity index (χ1n) is 21.4. The first kappa shape index (κ1) is 48.9. The first-order valence-corrected chi connectivity index (χ1v) is 22.2. The molecule has 0 heterocycles. The number of ether oxygens (including phenoxy) is 3. The molecule has 0 aromatic carbocycles. The summed E-state index contributed by atoms with van der Waals surface area (Å²) in [5.41, 5.74) is 0. The van der Waals surface area contributed by atoms with Crippen LogP contribution in [0.1, 0.15) is 233 Å². The molecule has 0 aliphatic carbocycles. The van der Waals surface area contributed by atoms with Gasteiger partial charge >= 0.3 is 17.9 Å². The number of rotatable bonds is 38. The van der Waals surface area contributed by atoms with Crippen LogP contribution in [0, 0.1) is 0 Å². The van der Waals surface area contributed by atoms with Gasteiger partial charge in [0.2, 0.25) is 0 Å². The lowest BCUT2D eigenvalue weighted by Crippen LogP contribution is -2.34. The molecular formula is C43H81BrO6. The van der Waals surface area contributed by atoms with Crippen LogP contribution < -0.4 is 0 Å². The SMILES string of the molecule is CCCCCCCCCCCCCCCCCC(=O)OCC(COC(=O)C(C)(C)Br)OC(=O)CCCCCCCCCCCCCCCCC. The molecule has 1 unspecified atom stereocenters. The minimum absolute atomic E-state index is 0.0990. The summed E-state index contributed by atoms with van der Waals surface area (Å²) in [7, 11) is 0. The van der Waals surface area contributed by atoms with Gasteiger partial charge in [0.15, 0.2) is 6.10 Å². The number of unbranched alkanes of at least 4 members (excludes halogenated alkanes) is 28. The van der Waals surface area contributed by atoms with Gasteiger partial charge in [-0.15, -0.1) is 0 Å². The molecule has 0 amide bonds. The van der Waals surface area contributed by atoms with E-state index in [2.05, 4.69) is 29.8 Å². The molecular weight excluding hydrogens is 692 g/mol. The minimum Gasteiger partial charge on any atom is -0.462 e. The fourth-order valence-corrected chi connectivity index (χ4v) is 6.36. The molecule has 0 fully saturated rings. The second-order valence-corrected chi connectivity index (χ2v) is 17.2. The number of carbonyl (C=O) groups is 3. The van der Waals surface area contributed by atoms with Crippen LogP contribution >= 0.6 is 15.9 Å². The summed E-state index contributed by atoms with van der Waals surface area (Å²) in [6.07, 6.45) is 38.1. The summed E-state index contributed by atoms with van der Waals surface area (Å²) >= 11 is 3.30. The van der Waals surface area contributed by atoms with Crippen LogP contribution in [0.25, 0.3) is 0 Å². The van der Waals surface area contributed by atoms with Crippen LogP contribution in [-0.4, -0.2) is 41.5 Å². The van der Waals surface area contributed by atoms with E-state index in [0.29, 0.717) is 12.8 Å². The molecule has 1 atom stereocenters. The molecule has 0 bridgehead atoms. The highest BCUT2D eigenvalue weighted by molar-refractivity contribution is 9.10. The summed E-state index contributed by atoms with van der Waals surface area (Å²) in [6.45, 7) is 7.70. The molecule has 0 saturated heterocycles. The van der Waals surface area contributed by atoms with Crippen molar-refractivity contribution in [1.82, 2.24) is 0 Å². The van der Waals surface area contributed by atoms with Crippen molar-refractivity contribution in [1.29, 1.82) is 0 Å². The standard InChI is InChI=1S/C43H81BrO6/c1-5-7-9-11-13-15-17-19-21-23-25-27-29-31-33-35-40(45)48-37-39(38-49-42(47)43(3,4)44)50-41(46)36-34-32-30-28-26-24-22-20-18-16-14-12-10-8-6-2/h39H,5-38H2,1-4H3. The van der Waals surface area contributed by atoms with Gasteiger partial charge in [0.25, 0.3) is 0 Å². The zero-order chi connectivity index (χ0) is 37.0. The van der Waals surface area contributed by atoms with Crippen LogP contribution in [0.2, 0.25) is 0 Å². The van der Waals surface area contributed by atoms with Crippen molar-refractivity contribution in [3.63, 3.8) is 0 Å². The smallest absolute Gasteiger partial charge is 0.322 e. The molecule has 0 spiro atoms. The Hall–Kier alpha value is -1.11. The quantitative estimate of drug-likeness (QED) is 0.0269. The largest absolute Gasteiger partial charge is 0.462 e. The van der Waals surface area contributed by atoms with Crippen molar-refractivity contribution < 1.29 is 28.6 Å². The van der Waals surface area contributed by atoms with Crippen LogP contribution in [0.3, 0.4) is 0 Å². The predicted octanol–water partition coefficient (Wildman–Crippen LogP) is 13.7. The molecule has 0 aromatic heterocycles. The van der Waals surface area contributed by atoms with E-state index in [1.165, 1.54) is 154 Å². The Labute approximate surface area is 318 Å². The zero-order valence-electron chi connectivity index (χ0n) is 33.4.